The molecule has 4 atom stereocenters. The number of unbranched alkanes of at least 4 members (excludes halogenated alkanes) is 18. The van der Waals surface area contributed by atoms with E-state index in [4.69, 9.17) is 0 Å². The van der Waals surface area contributed by atoms with E-state index in [1.807, 2.05) is 0 Å². The molecule has 0 saturated carbocycles. The first-order valence-electron chi connectivity index (χ1n) is 16.1. The lowest BCUT2D eigenvalue weighted by Gasteiger charge is -2.54. The summed E-state index contributed by atoms with van der Waals surface area (Å²) in [7, 11) is 5.14. The van der Waals surface area contributed by atoms with Crippen molar-refractivity contribution in [2.24, 2.45) is 0 Å². The van der Waals surface area contributed by atoms with Crippen LogP contribution in [0.2, 0.25) is 0 Å². The Morgan fingerprint density at radius 2 is 0.647 bits per heavy atom. The molecule has 1 heterocycles. The minimum absolute atomic E-state index is 0.808. The predicted molar refractivity (Wildman–Crippen MR) is 154 cm³/mol. The lowest BCUT2D eigenvalue weighted by Crippen LogP contribution is -2.72. The van der Waals surface area contributed by atoms with Gasteiger partial charge in [-0.05, 0) is 39.5 Å². The summed E-state index contributed by atoms with van der Waals surface area (Å²) < 4.78 is 2.65. The summed E-state index contributed by atoms with van der Waals surface area (Å²) in [5, 5.41) is 0. The number of likely N-dealkylation sites (N-methyl/N-ethyl adjacent to an activating group) is 2. The Morgan fingerprint density at radius 3 is 0.912 bits per heavy atom. The molecular formula is C32H68N2+2. The molecule has 0 bridgehead atoms. The molecule has 2 unspecified atom stereocenters. The van der Waals surface area contributed by atoms with Crippen molar-refractivity contribution < 1.29 is 8.97 Å². The Bertz CT molecular complexity index is 422. The molecule has 0 spiro atoms. The number of hydrogen-bond acceptors (Lipinski definition) is 0. The molecule has 2 heteroatoms. The number of piperazine rings is 1. The van der Waals surface area contributed by atoms with E-state index in [0.29, 0.717) is 0 Å². The van der Waals surface area contributed by atoms with Crippen molar-refractivity contribution in [3.63, 3.8) is 0 Å². The Kier molecular flexibility index (Phi) is 17.9. The number of quaternary nitrogens is 2. The molecule has 0 aliphatic carbocycles. The minimum Gasteiger partial charge on any atom is -0.314 e. The zero-order valence-corrected chi connectivity index (χ0v) is 25.0. The second-order valence-electron chi connectivity index (χ2n) is 12.8. The van der Waals surface area contributed by atoms with Gasteiger partial charge in [-0.1, -0.05) is 117 Å². The quantitative estimate of drug-likeness (QED) is 0.107. The van der Waals surface area contributed by atoms with E-state index < -0.39 is 0 Å². The normalized spacial score (nSPS) is 27.4. The van der Waals surface area contributed by atoms with Gasteiger partial charge in [-0.15, -0.1) is 0 Å². The standard InChI is InChI=1S/C32H68N2/c1-7-9-11-13-15-17-19-21-23-25-27-33(5)29-32(4)34(6,30-31(33)3)28-26-24-22-20-18-16-14-12-10-8-2/h31-32H,7-30H2,1-6H3/q+2/t31-,32+,33?,34?. The van der Waals surface area contributed by atoms with Crippen molar-refractivity contribution in [3.8, 4) is 0 Å². The number of rotatable bonds is 22. The van der Waals surface area contributed by atoms with Crippen molar-refractivity contribution in [1.29, 1.82) is 0 Å². The van der Waals surface area contributed by atoms with Crippen LogP contribution >= 0.6 is 0 Å². The van der Waals surface area contributed by atoms with Crippen LogP contribution in [0.25, 0.3) is 0 Å². The fraction of sp³-hybridized carbons (Fsp3) is 1.00. The lowest BCUT2D eigenvalue weighted by atomic mass is 9.99. The maximum atomic E-state index is 2.57. The zero-order chi connectivity index (χ0) is 25.1. The summed E-state index contributed by atoms with van der Waals surface area (Å²) in [6.07, 6.45) is 29.0. The molecule has 1 fully saturated rings. The maximum absolute atomic E-state index is 2.57. The summed E-state index contributed by atoms with van der Waals surface area (Å²) in [4.78, 5) is 0. The molecule has 204 valence electrons. The Labute approximate surface area is 217 Å². The van der Waals surface area contributed by atoms with Gasteiger partial charge in [0.15, 0.2) is 0 Å². The summed E-state index contributed by atoms with van der Waals surface area (Å²) in [6.45, 7) is 15.3. The molecule has 1 rings (SSSR count). The molecule has 0 N–H and O–H groups in total. The summed E-state index contributed by atoms with van der Waals surface area (Å²) in [6, 6.07) is 1.62. The summed E-state index contributed by atoms with van der Waals surface area (Å²) in [5.41, 5.74) is 0. The number of nitrogens with zero attached hydrogens (tertiary/aromatic N) is 2. The average Bonchev–Trinajstić information content (AvgIpc) is 2.80. The first kappa shape index (κ1) is 31.9. The highest BCUT2D eigenvalue weighted by Crippen LogP contribution is 2.28. The van der Waals surface area contributed by atoms with Crippen molar-refractivity contribution in [2.75, 3.05) is 40.3 Å². The van der Waals surface area contributed by atoms with E-state index in [9.17, 15) is 0 Å². The van der Waals surface area contributed by atoms with E-state index in [1.54, 1.807) is 0 Å². The van der Waals surface area contributed by atoms with E-state index >= 15 is 0 Å². The third-order valence-corrected chi connectivity index (χ3v) is 9.54. The smallest absolute Gasteiger partial charge is 0.136 e. The SMILES string of the molecule is CCCCCCCCCCCC[N+]1(C)C[C@H](C)[N+](C)(CCCCCCCCCCCC)C[C@H]1C. The summed E-state index contributed by atoms with van der Waals surface area (Å²) in [5.74, 6) is 0. The molecule has 0 aromatic carbocycles. The van der Waals surface area contributed by atoms with Crippen LogP contribution in [0, 0.1) is 0 Å². The molecule has 2 nitrogen and oxygen atoms in total. The Morgan fingerprint density at radius 1 is 0.412 bits per heavy atom. The highest BCUT2D eigenvalue weighted by molar-refractivity contribution is 4.66. The van der Waals surface area contributed by atoms with Gasteiger partial charge in [-0.3, -0.25) is 0 Å². The molecule has 0 radical (unpaired) electrons. The van der Waals surface area contributed by atoms with Crippen LogP contribution in [-0.2, 0) is 0 Å². The van der Waals surface area contributed by atoms with Crippen molar-refractivity contribution in [3.05, 3.63) is 0 Å². The van der Waals surface area contributed by atoms with Crippen molar-refractivity contribution in [1.82, 2.24) is 0 Å². The fourth-order valence-corrected chi connectivity index (χ4v) is 6.51. The van der Waals surface area contributed by atoms with Gasteiger partial charge in [0, 0.05) is 0 Å². The van der Waals surface area contributed by atoms with Gasteiger partial charge < -0.3 is 8.97 Å². The summed E-state index contributed by atoms with van der Waals surface area (Å²) >= 11 is 0. The molecule has 0 aromatic heterocycles. The minimum atomic E-state index is 0.808. The molecule has 0 aromatic rings. The van der Waals surface area contributed by atoms with Crippen LogP contribution in [0.15, 0.2) is 0 Å². The van der Waals surface area contributed by atoms with E-state index in [1.165, 1.54) is 164 Å². The fourth-order valence-electron chi connectivity index (χ4n) is 6.51. The van der Waals surface area contributed by atoms with Gasteiger partial charge in [-0.2, -0.15) is 0 Å². The zero-order valence-electron chi connectivity index (χ0n) is 25.0. The van der Waals surface area contributed by atoms with Gasteiger partial charge in [0.25, 0.3) is 0 Å². The third kappa shape index (κ3) is 13.3. The molecule has 1 aliphatic rings. The number of hydrogen-bond donors (Lipinski definition) is 0. The topological polar surface area (TPSA) is 0 Å². The van der Waals surface area contributed by atoms with Crippen molar-refractivity contribution >= 4 is 0 Å². The first-order chi connectivity index (χ1) is 16.4. The van der Waals surface area contributed by atoms with E-state index in [2.05, 4.69) is 41.8 Å². The van der Waals surface area contributed by atoms with Crippen LogP contribution in [-0.4, -0.2) is 61.3 Å². The predicted octanol–water partition coefficient (Wildman–Crippen LogP) is 9.51. The van der Waals surface area contributed by atoms with Gasteiger partial charge in [0.05, 0.1) is 27.2 Å². The van der Waals surface area contributed by atoms with Gasteiger partial charge >= 0.3 is 0 Å². The van der Waals surface area contributed by atoms with Crippen LogP contribution in [0.3, 0.4) is 0 Å². The molecule has 1 aliphatic heterocycles. The largest absolute Gasteiger partial charge is 0.314 e. The molecule has 0 amide bonds. The Balaban J connectivity index is 2.16. The average molecular weight is 481 g/mol. The molecule has 34 heavy (non-hydrogen) atoms. The van der Waals surface area contributed by atoms with E-state index in [-0.39, 0.29) is 0 Å². The van der Waals surface area contributed by atoms with Gasteiger partial charge in [0.1, 0.15) is 25.2 Å². The second kappa shape index (κ2) is 19.1. The highest BCUT2D eigenvalue weighted by Gasteiger charge is 2.46. The molecule has 1 saturated heterocycles. The second-order valence-corrected chi connectivity index (χ2v) is 12.8. The maximum Gasteiger partial charge on any atom is 0.136 e. The van der Waals surface area contributed by atoms with Crippen molar-refractivity contribution in [2.45, 2.75) is 168 Å². The van der Waals surface area contributed by atoms with Crippen LogP contribution in [0.4, 0.5) is 0 Å². The van der Waals surface area contributed by atoms with Gasteiger partial charge in [0.2, 0.25) is 0 Å². The highest BCUT2D eigenvalue weighted by atomic mass is 15.5. The van der Waals surface area contributed by atoms with Gasteiger partial charge in [-0.25, -0.2) is 0 Å². The lowest BCUT2D eigenvalue weighted by molar-refractivity contribution is -1.05. The van der Waals surface area contributed by atoms with Crippen LogP contribution < -0.4 is 0 Å². The monoisotopic (exact) mass is 481 g/mol. The third-order valence-electron chi connectivity index (χ3n) is 9.54. The van der Waals surface area contributed by atoms with E-state index in [0.717, 1.165) is 12.1 Å². The molecular weight excluding hydrogens is 412 g/mol. The first-order valence-corrected chi connectivity index (χ1v) is 16.1. The van der Waals surface area contributed by atoms with Crippen LogP contribution in [0.5, 0.6) is 0 Å². The Hall–Kier alpha value is -0.0800. The van der Waals surface area contributed by atoms with Crippen LogP contribution in [0.1, 0.15) is 156 Å².